The Labute approximate surface area is 205 Å². The van der Waals surface area contributed by atoms with Crippen molar-refractivity contribution in [3.05, 3.63) is 0 Å². The maximum Gasteiger partial charge on any atom is 0.305 e. The summed E-state index contributed by atoms with van der Waals surface area (Å²) in [5.74, 6) is -2.47. The zero-order chi connectivity index (χ0) is 25.8. The fourth-order valence-electron chi connectivity index (χ4n) is 4.76. The van der Waals surface area contributed by atoms with Crippen molar-refractivity contribution in [1.82, 2.24) is 15.5 Å². The molecule has 196 valence electrons. The number of amides is 3. The van der Waals surface area contributed by atoms with E-state index in [9.17, 15) is 29.1 Å². The topological polar surface area (TPSA) is 197 Å². The average Bonchev–Trinajstić information content (AvgIpc) is 3.30. The van der Waals surface area contributed by atoms with E-state index in [1.54, 1.807) is 0 Å². The number of aldehydes is 1. The van der Waals surface area contributed by atoms with Gasteiger partial charge in [0.1, 0.15) is 18.4 Å². The summed E-state index contributed by atoms with van der Waals surface area (Å²) in [5, 5.41) is 14.5. The lowest BCUT2D eigenvalue weighted by Crippen LogP contribution is -2.55. The molecule has 0 aromatic carbocycles. The van der Waals surface area contributed by atoms with E-state index in [2.05, 4.69) is 15.6 Å². The van der Waals surface area contributed by atoms with Crippen LogP contribution in [0.4, 0.5) is 0 Å². The molecule has 12 heteroatoms. The third-order valence-electron chi connectivity index (χ3n) is 6.51. The van der Waals surface area contributed by atoms with Gasteiger partial charge in [-0.2, -0.15) is 0 Å². The fraction of sp³-hybridized carbons (Fsp3) is 0.739. The van der Waals surface area contributed by atoms with Crippen molar-refractivity contribution in [3.63, 3.8) is 0 Å². The van der Waals surface area contributed by atoms with Crippen LogP contribution in [0.15, 0.2) is 4.99 Å². The van der Waals surface area contributed by atoms with Gasteiger partial charge in [-0.3, -0.25) is 24.2 Å². The average molecular weight is 495 g/mol. The molecule has 35 heavy (non-hydrogen) atoms. The molecule has 0 aromatic heterocycles. The lowest BCUT2D eigenvalue weighted by atomic mass is 9.87. The van der Waals surface area contributed by atoms with Crippen molar-refractivity contribution in [2.24, 2.45) is 22.4 Å². The number of carboxylic acids is 1. The minimum absolute atomic E-state index is 0.0569. The molecule has 0 bridgehead atoms. The summed E-state index contributed by atoms with van der Waals surface area (Å²) >= 11 is 0. The van der Waals surface area contributed by atoms with Crippen molar-refractivity contribution in [1.29, 1.82) is 0 Å². The van der Waals surface area contributed by atoms with Gasteiger partial charge in [-0.15, -0.1) is 0 Å². The van der Waals surface area contributed by atoms with Gasteiger partial charge in [0.15, 0.2) is 5.96 Å². The first-order valence-electron chi connectivity index (χ1n) is 12.3. The van der Waals surface area contributed by atoms with Crippen molar-refractivity contribution in [2.45, 2.75) is 88.8 Å². The number of carbonyl (C=O) groups excluding carboxylic acids is 4. The molecule has 2 rings (SSSR count). The van der Waals surface area contributed by atoms with Crippen LogP contribution in [0.5, 0.6) is 0 Å². The van der Waals surface area contributed by atoms with Gasteiger partial charge in [-0.25, -0.2) is 0 Å². The van der Waals surface area contributed by atoms with E-state index >= 15 is 0 Å². The van der Waals surface area contributed by atoms with Crippen LogP contribution in [0.2, 0.25) is 0 Å². The van der Waals surface area contributed by atoms with E-state index in [4.69, 9.17) is 11.5 Å². The zero-order valence-electron chi connectivity index (χ0n) is 20.1. The predicted molar refractivity (Wildman–Crippen MR) is 128 cm³/mol. The summed E-state index contributed by atoms with van der Waals surface area (Å²) in [6, 6.07) is -2.85. The molecule has 1 saturated heterocycles. The van der Waals surface area contributed by atoms with Crippen LogP contribution in [0.25, 0.3) is 0 Å². The van der Waals surface area contributed by atoms with Crippen LogP contribution in [-0.4, -0.2) is 77.2 Å². The van der Waals surface area contributed by atoms with Crippen molar-refractivity contribution < 1.29 is 29.1 Å². The van der Waals surface area contributed by atoms with Gasteiger partial charge < -0.3 is 36.9 Å². The van der Waals surface area contributed by atoms with Crippen molar-refractivity contribution in [2.75, 3.05) is 13.1 Å². The molecule has 1 heterocycles. The largest absolute Gasteiger partial charge is 0.481 e. The second kappa shape index (κ2) is 14.3. The molecular formula is C23H38N6O6. The van der Waals surface area contributed by atoms with E-state index < -0.39 is 42.3 Å². The van der Waals surface area contributed by atoms with E-state index in [0.717, 1.165) is 32.1 Å². The summed E-state index contributed by atoms with van der Waals surface area (Å²) < 4.78 is 0. The number of nitrogens with zero attached hydrogens (tertiary/aromatic N) is 2. The molecule has 0 spiro atoms. The standard InChI is InChI=1S/C23H38N6O6/c24-23(25)26-10-4-8-16(14-30)27-21(34)18-9-5-11-29(18)22(35)17(13-20(32)33)28-19(31)12-15-6-2-1-3-7-15/h14-18H,1-13H2,(H,27,34)(H,28,31)(H,32,33)(H4,24,25,26)/t16-,17?,18?/m0/s1. The number of likely N-dealkylation sites (tertiary alicyclic amines) is 1. The third-order valence-corrected chi connectivity index (χ3v) is 6.51. The number of carbonyl (C=O) groups is 5. The molecule has 7 N–H and O–H groups in total. The summed E-state index contributed by atoms with van der Waals surface area (Å²) in [4.78, 5) is 66.6. The van der Waals surface area contributed by atoms with Gasteiger partial charge in [-0.1, -0.05) is 19.3 Å². The molecule has 2 unspecified atom stereocenters. The first-order valence-corrected chi connectivity index (χ1v) is 12.3. The SMILES string of the molecule is NC(N)=NCCC[C@@H](C=O)NC(=O)C1CCCN1C(=O)C(CC(=O)O)NC(=O)CC1CCCCC1. The number of aliphatic imine (C=N–C) groups is 1. The molecule has 0 aromatic rings. The van der Waals surface area contributed by atoms with Gasteiger partial charge in [0.05, 0.1) is 12.5 Å². The van der Waals surface area contributed by atoms with Gasteiger partial charge in [0.25, 0.3) is 0 Å². The monoisotopic (exact) mass is 494 g/mol. The maximum atomic E-state index is 13.2. The van der Waals surface area contributed by atoms with Crippen LogP contribution in [0.3, 0.4) is 0 Å². The summed E-state index contributed by atoms with van der Waals surface area (Å²) in [5.41, 5.74) is 10.5. The second-order valence-corrected chi connectivity index (χ2v) is 9.32. The van der Waals surface area contributed by atoms with Gasteiger partial charge >= 0.3 is 5.97 Å². The molecule has 1 aliphatic carbocycles. The van der Waals surface area contributed by atoms with Gasteiger partial charge in [0, 0.05) is 19.5 Å². The highest BCUT2D eigenvalue weighted by molar-refractivity contribution is 5.95. The van der Waals surface area contributed by atoms with Crippen LogP contribution in [0.1, 0.15) is 70.6 Å². The molecule has 1 saturated carbocycles. The van der Waals surface area contributed by atoms with Crippen LogP contribution >= 0.6 is 0 Å². The molecular weight excluding hydrogens is 456 g/mol. The highest BCUT2D eigenvalue weighted by Crippen LogP contribution is 2.26. The first-order chi connectivity index (χ1) is 16.7. The molecule has 1 aliphatic heterocycles. The van der Waals surface area contributed by atoms with E-state index in [1.807, 2.05) is 0 Å². The quantitative estimate of drug-likeness (QED) is 0.0989. The highest BCUT2D eigenvalue weighted by Gasteiger charge is 2.39. The summed E-state index contributed by atoms with van der Waals surface area (Å²) in [6.45, 7) is 0.579. The molecule has 3 atom stereocenters. The molecule has 0 radical (unpaired) electrons. The Morgan fingerprint density at radius 3 is 2.40 bits per heavy atom. The number of aliphatic carboxylic acids is 1. The van der Waals surface area contributed by atoms with Crippen LogP contribution in [-0.2, 0) is 24.0 Å². The Hall–Kier alpha value is -3.18. The number of nitrogens with one attached hydrogen (secondary N) is 2. The number of carboxylic acid groups (broad SMARTS) is 1. The third kappa shape index (κ3) is 9.53. The Morgan fingerprint density at radius 2 is 1.77 bits per heavy atom. The van der Waals surface area contributed by atoms with E-state index in [-0.39, 0.29) is 30.8 Å². The van der Waals surface area contributed by atoms with Crippen molar-refractivity contribution in [3.8, 4) is 0 Å². The molecule has 2 aliphatic rings. The van der Waals surface area contributed by atoms with Crippen LogP contribution in [0, 0.1) is 5.92 Å². The Kier molecular flexibility index (Phi) is 11.4. The number of rotatable bonds is 13. The Bertz CT molecular complexity index is 793. The fourth-order valence-corrected chi connectivity index (χ4v) is 4.76. The van der Waals surface area contributed by atoms with Crippen molar-refractivity contribution >= 4 is 35.9 Å². The number of hydrogen-bond donors (Lipinski definition) is 5. The van der Waals surface area contributed by atoms with E-state index in [0.29, 0.717) is 38.5 Å². The maximum absolute atomic E-state index is 13.2. The zero-order valence-corrected chi connectivity index (χ0v) is 20.1. The number of hydrogen-bond acceptors (Lipinski definition) is 6. The normalized spacial score (nSPS) is 19.9. The minimum atomic E-state index is -1.25. The lowest BCUT2D eigenvalue weighted by Gasteiger charge is -2.29. The molecule has 2 fully saturated rings. The Morgan fingerprint density at radius 1 is 1.06 bits per heavy atom. The first kappa shape index (κ1) is 28.1. The summed E-state index contributed by atoms with van der Waals surface area (Å²) in [6.07, 6.45) is 7.22. The predicted octanol–water partition coefficient (Wildman–Crippen LogP) is -0.355. The summed E-state index contributed by atoms with van der Waals surface area (Å²) in [7, 11) is 0. The van der Waals surface area contributed by atoms with E-state index in [1.165, 1.54) is 4.90 Å². The second-order valence-electron chi connectivity index (χ2n) is 9.32. The molecule has 3 amide bonds. The van der Waals surface area contributed by atoms with Crippen LogP contribution < -0.4 is 22.1 Å². The highest BCUT2D eigenvalue weighted by atomic mass is 16.4. The number of nitrogens with two attached hydrogens (primary N) is 2. The Balaban J connectivity index is 1.98. The minimum Gasteiger partial charge on any atom is -0.481 e. The number of guanidine groups is 1. The van der Waals surface area contributed by atoms with Gasteiger partial charge in [0.2, 0.25) is 17.7 Å². The lowest BCUT2D eigenvalue weighted by molar-refractivity contribution is -0.146. The molecule has 12 nitrogen and oxygen atoms in total. The smallest absolute Gasteiger partial charge is 0.305 e. The van der Waals surface area contributed by atoms with Gasteiger partial charge in [-0.05, 0) is 44.4 Å².